The first kappa shape index (κ1) is 17.3. The number of carbonyl (C=O) groups excluding carboxylic acids is 2. The predicted octanol–water partition coefficient (Wildman–Crippen LogP) is 2.37. The molecule has 0 fully saturated rings. The molecule has 1 aliphatic rings. The van der Waals surface area contributed by atoms with Crippen LogP contribution in [0.2, 0.25) is 5.02 Å². The van der Waals surface area contributed by atoms with E-state index in [9.17, 15) is 19.8 Å². The summed E-state index contributed by atoms with van der Waals surface area (Å²) < 4.78 is 4.99. The molecule has 6 nitrogen and oxygen atoms in total. The van der Waals surface area contributed by atoms with Crippen LogP contribution in [-0.4, -0.2) is 47.1 Å². The van der Waals surface area contributed by atoms with Gasteiger partial charge in [0, 0.05) is 20.1 Å². The minimum atomic E-state index is -0.747. The molecule has 2 N–H and O–H groups in total. The zero-order valence-corrected chi connectivity index (χ0v) is 13.6. The molecule has 0 spiro atoms. The van der Waals surface area contributed by atoms with Crippen LogP contribution in [0.5, 0.6) is 5.75 Å². The first-order valence-electron chi connectivity index (χ1n) is 7.17. The summed E-state index contributed by atoms with van der Waals surface area (Å²) in [6.07, 6.45) is 0.160. The predicted molar refractivity (Wildman–Crippen MR) is 84.4 cm³/mol. The molecule has 0 saturated heterocycles. The van der Waals surface area contributed by atoms with Gasteiger partial charge in [-0.1, -0.05) is 24.6 Å². The molecule has 1 aromatic carbocycles. The lowest BCUT2D eigenvalue weighted by Gasteiger charge is -2.26. The number of amides is 1. The molecule has 0 bridgehead atoms. The summed E-state index contributed by atoms with van der Waals surface area (Å²) in [5.41, 5.74) is 0.591. The average Bonchev–Trinajstić information content (AvgIpc) is 2.79. The average molecular weight is 340 g/mol. The lowest BCUT2D eigenvalue weighted by atomic mass is 9.95. The van der Waals surface area contributed by atoms with E-state index in [-0.39, 0.29) is 41.7 Å². The zero-order chi connectivity index (χ0) is 17.1. The Hall–Kier alpha value is -2.05. The summed E-state index contributed by atoms with van der Waals surface area (Å²) >= 11 is 5.94. The van der Waals surface area contributed by atoms with Crippen LogP contribution in [0.15, 0.2) is 29.5 Å². The van der Waals surface area contributed by atoms with Gasteiger partial charge < -0.3 is 19.8 Å². The van der Waals surface area contributed by atoms with Crippen LogP contribution in [0, 0.1) is 0 Å². The molecule has 124 valence electrons. The second-order valence-corrected chi connectivity index (χ2v) is 5.55. The lowest BCUT2D eigenvalue weighted by Crippen LogP contribution is -2.33. The molecule has 7 heteroatoms. The summed E-state index contributed by atoms with van der Waals surface area (Å²) in [5.74, 6) is -1.57. The van der Waals surface area contributed by atoms with Crippen molar-refractivity contribution in [1.82, 2.24) is 4.90 Å². The van der Waals surface area contributed by atoms with Gasteiger partial charge in [-0.3, -0.25) is 9.59 Å². The van der Waals surface area contributed by atoms with Crippen molar-refractivity contribution in [2.45, 2.75) is 19.4 Å². The molecule has 1 atom stereocenters. The van der Waals surface area contributed by atoms with E-state index in [0.717, 1.165) is 0 Å². The topological polar surface area (TPSA) is 87.1 Å². The molecule has 1 amide bonds. The van der Waals surface area contributed by atoms with Gasteiger partial charge in [-0.15, -0.1) is 0 Å². The maximum Gasteiger partial charge on any atom is 0.290 e. The molecule has 0 aliphatic carbocycles. The number of Topliss-reactive ketones (excluding diaryl/α,β-unsaturated/α-hetero) is 1. The molecule has 1 unspecified atom stereocenters. The van der Waals surface area contributed by atoms with Crippen molar-refractivity contribution in [3.05, 3.63) is 40.1 Å². The fraction of sp³-hybridized carbons (Fsp3) is 0.375. The van der Waals surface area contributed by atoms with E-state index in [1.54, 1.807) is 13.0 Å². The van der Waals surface area contributed by atoms with Gasteiger partial charge >= 0.3 is 0 Å². The number of ketones is 1. The third-order valence-corrected chi connectivity index (χ3v) is 4.05. The van der Waals surface area contributed by atoms with Crippen LogP contribution >= 0.6 is 11.6 Å². The number of ether oxygens (including phenoxy) is 1. The van der Waals surface area contributed by atoms with Crippen LogP contribution in [0.3, 0.4) is 0 Å². The Kier molecular flexibility index (Phi) is 5.28. The first-order valence-corrected chi connectivity index (χ1v) is 7.54. The molecule has 23 heavy (non-hydrogen) atoms. The number of phenols is 1. The van der Waals surface area contributed by atoms with Gasteiger partial charge in [-0.25, -0.2) is 0 Å². The number of nitrogens with zero attached hydrogens (tertiary/aromatic N) is 1. The number of aromatic hydroxyl groups is 1. The third kappa shape index (κ3) is 3.18. The van der Waals surface area contributed by atoms with Crippen LogP contribution in [0.1, 0.15) is 24.9 Å². The van der Waals surface area contributed by atoms with Crippen molar-refractivity contribution in [3.63, 3.8) is 0 Å². The number of methoxy groups -OCH3 is 1. The third-order valence-electron chi connectivity index (χ3n) is 3.75. The normalized spacial score (nSPS) is 18.0. The minimum Gasteiger partial charge on any atom is -0.506 e. The summed E-state index contributed by atoms with van der Waals surface area (Å²) in [6.45, 7) is 2.13. The Morgan fingerprint density at radius 2 is 2.09 bits per heavy atom. The molecule has 2 rings (SSSR count). The van der Waals surface area contributed by atoms with Gasteiger partial charge in [-0.05, 0) is 17.7 Å². The highest BCUT2D eigenvalue weighted by Crippen LogP contribution is 2.39. The molecule has 0 saturated carbocycles. The molecule has 0 radical (unpaired) electrons. The smallest absolute Gasteiger partial charge is 0.290 e. The number of hydrogen-bond donors (Lipinski definition) is 2. The Labute approximate surface area is 138 Å². The van der Waals surface area contributed by atoms with Crippen molar-refractivity contribution in [2.75, 3.05) is 20.3 Å². The molecular weight excluding hydrogens is 322 g/mol. The van der Waals surface area contributed by atoms with Crippen molar-refractivity contribution in [3.8, 4) is 5.75 Å². The maximum absolute atomic E-state index is 12.3. The summed E-state index contributed by atoms with van der Waals surface area (Å²) in [6, 6.07) is 3.69. The quantitative estimate of drug-likeness (QED) is 0.830. The second kappa shape index (κ2) is 7.02. The number of aliphatic hydroxyl groups excluding tert-OH is 1. The van der Waals surface area contributed by atoms with Gasteiger partial charge in [0.2, 0.25) is 0 Å². The van der Waals surface area contributed by atoms with Gasteiger partial charge in [0.15, 0.2) is 11.5 Å². The van der Waals surface area contributed by atoms with E-state index >= 15 is 0 Å². The zero-order valence-electron chi connectivity index (χ0n) is 12.9. The molecular formula is C16H18ClNO5. The highest BCUT2D eigenvalue weighted by atomic mass is 35.5. The Bertz CT molecular complexity index is 670. The lowest BCUT2D eigenvalue weighted by molar-refractivity contribution is -0.130. The monoisotopic (exact) mass is 339 g/mol. The maximum atomic E-state index is 12.3. The minimum absolute atomic E-state index is 0.0513. The van der Waals surface area contributed by atoms with Gasteiger partial charge in [-0.2, -0.15) is 0 Å². The fourth-order valence-corrected chi connectivity index (χ4v) is 2.78. The number of halogens is 1. The van der Waals surface area contributed by atoms with E-state index in [1.807, 2.05) is 0 Å². The van der Waals surface area contributed by atoms with Crippen LogP contribution < -0.4 is 0 Å². The Balaban J connectivity index is 2.52. The van der Waals surface area contributed by atoms with Gasteiger partial charge in [0.1, 0.15) is 5.75 Å². The number of rotatable bonds is 6. The summed E-state index contributed by atoms with van der Waals surface area (Å²) in [4.78, 5) is 25.9. The van der Waals surface area contributed by atoms with Crippen LogP contribution in [0.4, 0.5) is 0 Å². The molecule has 0 aromatic heterocycles. The summed E-state index contributed by atoms with van der Waals surface area (Å²) in [7, 11) is 1.50. The van der Waals surface area contributed by atoms with E-state index < -0.39 is 17.7 Å². The van der Waals surface area contributed by atoms with Crippen molar-refractivity contribution < 1.29 is 24.5 Å². The van der Waals surface area contributed by atoms with Crippen molar-refractivity contribution >= 4 is 23.3 Å². The fourth-order valence-electron chi connectivity index (χ4n) is 2.59. The SMILES string of the molecule is CCC(=O)C1=C(O)C(=O)N(CCOC)C1c1ccc(O)c(Cl)c1. The molecule has 1 heterocycles. The highest BCUT2D eigenvalue weighted by Gasteiger charge is 2.42. The van der Waals surface area contributed by atoms with Gasteiger partial charge in [0.05, 0.1) is 23.2 Å². The van der Waals surface area contributed by atoms with Crippen LogP contribution in [0.25, 0.3) is 0 Å². The Morgan fingerprint density at radius 1 is 1.39 bits per heavy atom. The highest BCUT2D eigenvalue weighted by molar-refractivity contribution is 6.32. The number of carbonyl (C=O) groups is 2. The molecule has 1 aliphatic heterocycles. The van der Waals surface area contributed by atoms with Crippen molar-refractivity contribution in [1.29, 1.82) is 0 Å². The first-order chi connectivity index (χ1) is 10.9. The van der Waals surface area contributed by atoms with E-state index in [0.29, 0.717) is 5.56 Å². The number of aliphatic hydroxyl groups is 1. The second-order valence-electron chi connectivity index (χ2n) is 5.14. The van der Waals surface area contributed by atoms with E-state index in [4.69, 9.17) is 16.3 Å². The number of phenolic OH excluding ortho intramolecular Hbond substituents is 1. The number of benzene rings is 1. The van der Waals surface area contributed by atoms with E-state index in [2.05, 4.69) is 0 Å². The molecule has 1 aromatic rings. The summed E-state index contributed by atoms with van der Waals surface area (Å²) in [5, 5.41) is 19.8. The van der Waals surface area contributed by atoms with Crippen molar-refractivity contribution in [2.24, 2.45) is 0 Å². The standard InChI is InChI=1S/C16H18ClNO5/c1-3-11(19)13-14(9-4-5-12(20)10(17)8-9)18(6-7-23-2)16(22)15(13)21/h4-5,8,14,20-21H,3,6-7H2,1-2H3. The largest absolute Gasteiger partial charge is 0.506 e. The van der Waals surface area contributed by atoms with E-state index in [1.165, 1.54) is 24.1 Å². The van der Waals surface area contributed by atoms with Gasteiger partial charge in [0.25, 0.3) is 5.91 Å². The van der Waals surface area contributed by atoms with Crippen LogP contribution in [-0.2, 0) is 14.3 Å². The Morgan fingerprint density at radius 3 is 2.65 bits per heavy atom. The number of hydrogen-bond acceptors (Lipinski definition) is 5.